The summed E-state index contributed by atoms with van der Waals surface area (Å²) in [7, 11) is 0. The highest BCUT2D eigenvalue weighted by Gasteiger charge is 2.58. The molecule has 2 fully saturated rings. The van der Waals surface area contributed by atoms with Crippen LogP contribution in [0, 0.1) is 17.2 Å². The van der Waals surface area contributed by atoms with Gasteiger partial charge < -0.3 is 19.6 Å². The Hall–Kier alpha value is -3.04. The van der Waals surface area contributed by atoms with Gasteiger partial charge in [-0.05, 0) is 81.4 Å². The number of oxazole rings is 1. The van der Waals surface area contributed by atoms with Gasteiger partial charge in [0.1, 0.15) is 17.9 Å². The number of carbonyl (C=O) groups is 2. The number of H-pyrrole nitrogens is 1. The number of aromatic nitrogens is 3. The third kappa shape index (κ3) is 6.41. The van der Waals surface area contributed by atoms with E-state index in [1.54, 1.807) is 12.1 Å². The quantitative estimate of drug-likeness (QED) is 0.211. The van der Waals surface area contributed by atoms with Crippen molar-refractivity contribution in [3.05, 3.63) is 59.3 Å². The van der Waals surface area contributed by atoms with Crippen molar-refractivity contribution in [1.29, 1.82) is 0 Å². The average molecular weight is 556 g/mol. The van der Waals surface area contributed by atoms with Crippen LogP contribution in [0.5, 0.6) is 0 Å². The first-order valence-corrected chi connectivity index (χ1v) is 14.2. The van der Waals surface area contributed by atoms with Crippen LogP contribution in [0.25, 0.3) is 11.4 Å². The Morgan fingerprint density at radius 1 is 1.23 bits per heavy atom. The van der Waals surface area contributed by atoms with Gasteiger partial charge >= 0.3 is 0 Å². The molecule has 0 bridgehead atoms. The number of nitrogens with one attached hydrogen (secondary N) is 2. The fraction of sp³-hybridized carbons (Fsp3) is 0.517. The number of hydrogen-bond donors (Lipinski definition) is 2. The molecular weight excluding hydrogens is 521 g/mol. The number of unbranched alkanes of at least 4 members (excludes halogenated alkanes) is 2. The summed E-state index contributed by atoms with van der Waals surface area (Å²) in [5.74, 6) is 0.319. The van der Waals surface area contributed by atoms with Crippen LogP contribution in [0.2, 0.25) is 5.15 Å². The van der Waals surface area contributed by atoms with Gasteiger partial charge in [-0.3, -0.25) is 9.59 Å². The Morgan fingerprint density at radius 3 is 2.69 bits per heavy atom. The van der Waals surface area contributed by atoms with Crippen LogP contribution in [-0.4, -0.2) is 51.2 Å². The molecule has 8 nitrogen and oxygen atoms in total. The molecule has 5 rings (SSSR count). The van der Waals surface area contributed by atoms with Gasteiger partial charge in [0.15, 0.2) is 5.15 Å². The summed E-state index contributed by atoms with van der Waals surface area (Å²) in [5.41, 5.74) is 1.48. The smallest absolute Gasteiger partial charge is 0.263 e. The molecule has 2 aliphatic rings. The summed E-state index contributed by atoms with van der Waals surface area (Å²) in [6.07, 6.45) is 9.19. The predicted molar refractivity (Wildman–Crippen MR) is 146 cm³/mol. The standard InChI is InChI=1S/C29H35ClFN5O3/c1-2-36-15-12-29(13-16-36)18-21(29)27(38)33-22(6-4-3-5-7-23(37)28-32-14-17-39-28)24-25(30)35-26(34-24)19-8-10-20(31)11-9-19/h8-11,14,17,21-22H,2-7,12-13,15-16,18H2,1H3,(H,33,38)(H,34,35)/t21-,22+/m1/s1. The first-order chi connectivity index (χ1) is 18.9. The summed E-state index contributed by atoms with van der Waals surface area (Å²) in [5, 5.41) is 3.56. The molecule has 2 aromatic heterocycles. The number of ketones is 1. The van der Waals surface area contributed by atoms with E-state index in [4.69, 9.17) is 16.0 Å². The van der Waals surface area contributed by atoms with Crippen molar-refractivity contribution >= 4 is 23.3 Å². The van der Waals surface area contributed by atoms with Gasteiger partial charge in [0.05, 0.1) is 17.9 Å². The number of nitrogens with zero attached hydrogens (tertiary/aromatic N) is 3. The number of likely N-dealkylation sites (tertiary alicyclic amines) is 1. The molecule has 0 unspecified atom stereocenters. The number of rotatable bonds is 12. The van der Waals surface area contributed by atoms with Crippen molar-refractivity contribution < 1.29 is 18.4 Å². The van der Waals surface area contributed by atoms with Crippen LogP contribution in [-0.2, 0) is 4.79 Å². The second kappa shape index (κ2) is 12.0. The molecule has 1 aliphatic heterocycles. The zero-order chi connectivity index (χ0) is 27.4. The molecule has 2 atom stereocenters. The molecule has 1 amide bonds. The van der Waals surface area contributed by atoms with E-state index in [1.807, 2.05) is 0 Å². The van der Waals surface area contributed by atoms with E-state index in [9.17, 15) is 14.0 Å². The number of carbonyl (C=O) groups excluding carboxylic acids is 2. The highest BCUT2D eigenvalue weighted by molar-refractivity contribution is 6.30. The molecule has 1 aliphatic carbocycles. The molecular formula is C29H35ClFN5O3. The van der Waals surface area contributed by atoms with E-state index in [0.717, 1.165) is 51.7 Å². The lowest BCUT2D eigenvalue weighted by atomic mass is 9.90. The number of hydrogen-bond acceptors (Lipinski definition) is 6. The first kappa shape index (κ1) is 27.5. The lowest BCUT2D eigenvalue weighted by molar-refractivity contribution is -0.124. The number of piperidine rings is 1. The third-order valence-electron chi connectivity index (χ3n) is 8.34. The summed E-state index contributed by atoms with van der Waals surface area (Å²) >= 11 is 6.58. The molecule has 2 N–H and O–H groups in total. The van der Waals surface area contributed by atoms with Gasteiger partial charge in [0.2, 0.25) is 11.7 Å². The molecule has 1 saturated heterocycles. The van der Waals surface area contributed by atoms with Gasteiger partial charge in [-0.2, -0.15) is 0 Å². The van der Waals surface area contributed by atoms with Crippen LogP contribution in [0.1, 0.15) is 80.7 Å². The van der Waals surface area contributed by atoms with Gasteiger partial charge in [-0.1, -0.05) is 31.4 Å². The van der Waals surface area contributed by atoms with Crippen LogP contribution < -0.4 is 5.32 Å². The minimum atomic E-state index is -0.345. The molecule has 1 spiro atoms. The van der Waals surface area contributed by atoms with E-state index < -0.39 is 0 Å². The largest absolute Gasteiger partial charge is 0.442 e. The number of benzene rings is 1. The minimum Gasteiger partial charge on any atom is -0.442 e. The molecule has 3 aromatic rings. The monoisotopic (exact) mass is 555 g/mol. The van der Waals surface area contributed by atoms with Crippen molar-refractivity contribution in [2.75, 3.05) is 19.6 Å². The molecule has 3 heterocycles. The van der Waals surface area contributed by atoms with Crippen molar-refractivity contribution in [3.8, 4) is 11.4 Å². The fourth-order valence-electron chi connectivity index (χ4n) is 5.77. The zero-order valence-corrected chi connectivity index (χ0v) is 23.0. The number of imidazole rings is 1. The average Bonchev–Trinajstić information content (AvgIpc) is 3.25. The molecule has 10 heteroatoms. The summed E-state index contributed by atoms with van der Waals surface area (Å²) in [4.78, 5) is 39.7. The predicted octanol–water partition coefficient (Wildman–Crippen LogP) is 5.97. The van der Waals surface area contributed by atoms with Crippen LogP contribution in [0.4, 0.5) is 4.39 Å². The van der Waals surface area contributed by atoms with Crippen molar-refractivity contribution in [2.45, 2.75) is 64.3 Å². The van der Waals surface area contributed by atoms with Gasteiger partial charge in [-0.25, -0.2) is 14.4 Å². The van der Waals surface area contributed by atoms with E-state index in [-0.39, 0.29) is 40.8 Å². The Kier molecular flexibility index (Phi) is 8.47. The van der Waals surface area contributed by atoms with Gasteiger partial charge in [-0.15, -0.1) is 0 Å². The maximum atomic E-state index is 13.4. The maximum Gasteiger partial charge on any atom is 0.263 e. The van der Waals surface area contributed by atoms with Crippen molar-refractivity contribution in [3.63, 3.8) is 0 Å². The number of halogens is 2. The van der Waals surface area contributed by atoms with E-state index >= 15 is 0 Å². The molecule has 1 saturated carbocycles. The molecule has 0 radical (unpaired) electrons. The normalized spacial score (nSPS) is 19.2. The highest BCUT2D eigenvalue weighted by Crippen LogP contribution is 2.59. The lowest BCUT2D eigenvalue weighted by Crippen LogP contribution is -2.37. The Bertz CT molecular complexity index is 1270. The van der Waals surface area contributed by atoms with Crippen LogP contribution in [0.15, 0.2) is 41.1 Å². The van der Waals surface area contributed by atoms with Crippen LogP contribution in [0.3, 0.4) is 0 Å². The Labute approximate surface area is 232 Å². The van der Waals surface area contributed by atoms with Crippen molar-refractivity contribution in [1.82, 2.24) is 25.2 Å². The summed E-state index contributed by atoms with van der Waals surface area (Å²) in [6, 6.07) is 5.69. The maximum absolute atomic E-state index is 13.4. The van der Waals surface area contributed by atoms with E-state index in [1.165, 1.54) is 24.6 Å². The third-order valence-corrected chi connectivity index (χ3v) is 8.63. The second-order valence-electron chi connectivity index (χ2n) is 10.8. The summed E-state index contributed by atoms with van der Waals surface area (Å²) in [6.45, 7) is 5.32. The van der Waals surface area contributed by atoms with Crippen molar-refractivity contribution in [2.24, 2.45) is 11.3 Å². The van der Waals surface area contributed by atoms with E-state index in [2.05, 4.69) is 32.1 Å². The van der Waals surface area contributed by atoms with Gasteiger partial charge in [0, 0.05) is 17.9 Å². The minimum absolute atomic E-state index is 0.0238. The molecule has 1 aromatic carbocycles. The topological polar surface area (TPSA) is 104 Å². The molecule has 39 heavy (non-hydrogen) atoms. The number of Topliss-reactive ketones (excluding diaryl/α,β-unsaturated/α-hetero) is 1. The summed E-state index contributed by atoms with van der Waals surface area (Å²) < 4.78 is 18.5. The molecule has 208 valence electrons. The number of aromatic amines is 1. The SMILES string of the molecule is CCN1CCC2(CC1)C[C@@H]2C(=O)N[C@@H](CCCCCC(=O)c1ncco1)c1[nH]c(-c2ccc(F)cc2)nc1Cl. The Balaban J connectivity index is 1.24. The van der Waals surface area contributed by atoms with E-state index in [0.29, 0.717) is 41.5 Å². The first-order valence-electron chi connectivity index (χ1n) is 13.9. The lowest BCUT2D eigenvalue weighted by Gasteiger charge is -2.32. The van der Waals surface area contributed by atoms with Crippen LogP contribution >= 0.6 is 11.6 Å². The zero-order valence-electron chi connectivity index (χ0n) is 22.2. The second-order valence-corrected chi connectivity index (χ2v) is 11.1. The fourth-order valence-corrected chi connectivity index (χ4v) is 6.03. The van der Waals surface area contributed by atoms with Gasteiger partial charge in [0.25, 0.3) is 5.89 Å². The number of amides is 1. The Morgan fingerprint density at radius 2 is 2.00 bits per heavy atom. The highest BCUT2D eigenvalue weighted by atomic mass is 35.5.